The third kappa shape index (κ3) is 6.38. The number of amides is 1. The summed E-state index contributed by atoms with van der Waals surface area (Å²) in [6, 6.07) is 7.97. The number of ether oxygens (including phenoxy) is 1. The Morgan fingerprint density at radius 2 is 1.84 bits per heavy atom. The summed E-state index contributed by atoms with van der Waals surface area (Å²) in [5, 5.41) is 7.55. The molecule has 3 aliphatic rings. The summed E-state index contributed by atoms with van der Waals surface area (Å²) in [4.78, 5) is 18.7. The number of rotatable bonds is 8. The van der Waals surface area contributed by atoms with Gasteiger partial charge in [-0.05, 0) is 56.7 Å². The van der Waals surface area contributed by atoms with Crippen LogP contribution in [0.25, 0.3) is 22.4 Å². The Morgan fingerprint density at radius 3 is 2.53 bits per heavy atom. The maximum atomic E-state index is 13.7. The molecule has 2 heterocycles. The normalized spacial score (nSPS) is 23.0. The minimum atomic E-state index is -4.60. The van der Waals surface area contributed by atoms with E-state index in [0.717, 1.165) is 70.5 Å². The molecule has 0 bridgehead atoms. The molecule has 0 spiro atoms. The van der Waals surface area contributed by atoms with Crippen molar-refractivity contribution in [3.05, 3.63) is 48.3 Å². The number of anilines is 1. The van der Waals surface area contributed by atoms with Gasteiger partial charge in [0.15, 0.2) is 0 Å². The fourth-order valence-corrected chi connectivity index (χ4v) is 5.45. The van der Waals surface area contributed by atoms with E-state index in [1.165, 1.54) is 0 Å². The Labute approximate surface area is 221 Å². The first-order chi connectivity index (χ1) is 18.3. The summed E-state index contributed by atoms with van der Waals surface area (Å²) >= 11 is 0. The standard InChI is InChI=1S/C29H35F3N4O2/c1-19(29(30,31)32)27-24-5-2-6-26(34-21-9-11-23(12-10-21)36-14-16-38-17-15-36)25(24)18-22(35-27)4-3-13-33-28(37)20-7-8-20/h2-6,18,20-21,23,34H,1,7-17H2,(H,33,37)/b4-3+. The van der Waals surface area contributed by atoms with E-state index in [0.29, 0.717) is 29.1 Å². The number of pyridine rings is 1. The molecule has 204 valence electrons. The number of benzene rings is 1. The topological polar surface area (TPSA) is 66.5 Å². The van der Waals surface area contributed by atoms with Crippen LogP contribution in [0.4, 0.5) is 18.9 Å². The number of halogens is 3. The smallest absolute Gasteiger partial charge is 0.382 e. The molecule has 3 fully saturated rings. The fraction of sp³-hybridized carbons (Fsp3) is 0.517. The minimum Gasteiger partial charge on any atom is -0.382 e. The van der Waals surface area contributed by atoms with Crippen molar-refractivity contribution >= 4 is 34.0 Å². The van der Waals surface area contributed by atoms with Gasteiger partial charge in [-0.1, -0.05) is 24.8 Å². The molecule has 38 heavy (non-hydrogen) atoms. The van der Waals surface area contributed by atoms with Crippen LogP contribution in [0, 0.1) is 5.92 Å². The zero-order valence-corrected chi connectivity index (χ0v) is 21.5. The maximum Gasteiger partial charge on any atom is 0.417 e. The SMILES string of the molecule is C=C(c1nc(/C=C/CNC(=O)C2CC2)cc2c(NC3CCC(N4CCOCC4)CC3)cccc12)C(F)(F)F. The molecule has 9 heteroatoms. The number of alkyl halides is 3. The molecule has 1 aromatic heterocycles. The van der Waals surface area contributed by atoms with Crippen molar-refractivity contribution in [2.75, 3.05) is 38.2 Å². The van der Waals surface area contributed by atoms with Gasteiger partial charge in [-0.15, -0.1) is 0 Å². The molecule has 6 nitrogen and oxygen atoms in total. The molecule has 2 saturated carbocycles. The van der Waals surface area contributed by atoms with Crippen LogP contribution < -0.4 is 10.6 Å². The van der Waals surface area contributed by atoms with E-state index in [4.69, 9.17) is 4.74 Å². The number of nitrogens with zero attached hydrogens (tertiary/aromatic N) is 2. The van der Waals surface area contributed by atoms with Gasteiger partial charge >= 0.3 is 6.18 Å². The highest BCUT2D eigenvalue weighted by molar-refractivity contribution is 6.00. The van der Waals surface area contributed by atoms with E-state index in [1.54, 1.807) is 24.3 Å². The first kappa shape index (κ1) is 26.7. The Morgan fingerprint density at radius 1 is 1.11 bits per heavy atom. The summed E-state index contributed by atoms with van der Waals surface area (Å²) in [6.07, 6.45) is 4.77. The molecule has 1 saturated heterocycles. The van der Waals surface area contributed by atoms with E-state index in [-0.39, 0.29) is 23.6 Å². The molecule has 2 N–H and O–H groups in total. The van der Waals surface area contributed by atoms with Crippen LogP contribution in [0.1, 0.15) is 49.9 Å². The average Bonchev–Trinajstić information content (AvgIpc) is 3.77. The lowest BCUT2D eigenvalue weighted by atomic mass is 9.89. The Balaban J connectivity index is 1.35. The third-order valence-corrected chi connectivity index (χ3v) is 7.77. The van der Waals surface area contributed by atoms with Crippen molar-refractivity contribution in [2.24, 2.45) is 5.92 Å². The van der Waals surface area contributed by atoms with Crippen LogP contribution in [0.5, 0.6) is 0 Å². The van der Waals surface area contributed by atoms with Crippen LogP contribution >= 0.6 is 0 Å². The lowest BCUT2D eigenvalue weighted by molar-refractivity contribution is -0.122. The Kier molecular flexibility index (Phi) is 8.04. The number of morpholine rings is 1. The number of allylic oxidation sites excluding steroid dienone is 1. The van der Waals surface area contributed by atoms with Gasteiger partial charge in [0, 0.05) is 54.1 Å². The zero-order valence-electron chi connectivity index (χ0n) is 21.5. The number of hydrogen-bond donors (Lipinski definition) is 2. The van der Waals surface area contributed by atoms with E-state index >= 15 is 0 Å². The van der Waals surface area contributed by atoms with E-state index in [1.807, 2.05) is 12.1 Å². The van der Waals surface area contributed by atoms with Crippen molar-refractivity contribution < 1.29 is 22.7 Å². The molecule has 0 atom stereocenters. The maximum absolute atomic E-state index is 13.7. The lowest BCUT2D eigenvalue weighted by Crippen LogP contribution is -2.46. The first-order valence-electron chi connectivity index (χ1n) is 13.5. The molecule has 0 unspecified atom stereocenters. The number of fused-ring (bicyclic) bond motifs is 1. The van der Waals surface area contributed by atoms with Crippen molar-refractivity contribution in [3.63, 3.8) is 0 Å². The van der Waals surface area contributed by atoms with Gasteiger partial charge < -0.3 is 15.4 Å². The molecule has 1 aromatic carbocycles. The lowest BCUT2D eigenvalue weighted by Gasteiger charge is -2.39. The van der Waals surface area contributed by atoms with Crippen molar-refractivity contribution in [1.29, 1.82) is 0 Å². The van der Waals surface area contributed by atoms with E-state index < -0.39 is 11.7 Å². The number of nitrogens with one attached hydrogen (secondary N) is 2. The van der Waals surface area contributed by atoms with Gasteiger partial charge in [-0.25, -0.2) is 4.98 Å². The second kappa shape index (κ2) is 11.5. The summed E-state index contributed by atoms with van der Waals surface area (Å²) in [5.41, 5.74) is 0.0516. The fourth-order valence-electron chi connectivity index (χ4n) is 5.45. The van der Waals surface area contributed by atoms with Crippen LogP contribution in [0.2, 0.25) is 0 Å². The zero-order chi connectivity index (χ0) is 26.7. The van der Waals surface area contributed by atoms with E-state index in [9.17, 15) is 18.0 Å². The van der Waals surface area contributed by atoms with Crippen molar-refractivity contribution in [3.8, 4) is 0 Å². The summed E-state index contributed by atoms with van der Waals surface area (Å²) in [5.74, 6) is 0.114. The average molecular weight is 529 g/mol. The van der Waals surface area contributed by atoms with Crippen LogP contribution in [-0.4, -0.2) is 66.9 Å². The minimum absolute atomic E-state index is 0.0158. The Bertz CT molecular complexity index is 1190. The summed E-state index contributed by atoms with van der Waals surface area (Å²) in [7, 11) is 0. The summed E-state index contributed by atoms with van der Waals surface area (Å²) < 4.78 is 46.6. The van der Waals surface area contributed by atoms with Gasteiger partial charge in [0.05, 0.1) is 30.2 Å². The second-order valence-corrected chi connectivity index (χ2v) is 10.5. The quantitative estimate of drug-likeness (QED) is 0.480. The molecule has 2 aliphatic carbocycles. The molecular weight excluding hydrogens is 493 g/mol. The second-order valence-electron chi connectivity index (χ2n) is 10.5. The van der Waals surface area contributed by atoms with Crippen LogP contribution in [-0.2, 0) is 9.53 Å². The summed E-state index contributed by atoms with van der Waals surface area (Å²) in [6.45, 7) is 7.17. The molecular formula is C29H35F3N4O2. The van der Waals surface area contributed by atoms with Crippen molar-refractivity contribution in [2.45, 2.75) is 56.8 Å². The van der Waals surface area contributed by atoms with Crippen LogP contribution in [0.15, 0.2) is 36.9 Å². The first-order valence-corrected chi connectivity index (χ1v) is 13.5. The molecule has 2 aromatic rings. The third-order valence-electron chi connectivity index (χ3n) is 7.77. The number of hydrogen-bond acceptors (Lipinski definition) is 5. The highest BCUT2D eigenvalue weighted by Crippen LogP contribution is 2.38. The van der Waals surface area contributed by atoms with Gasteiger partial charge in [-0.2, -0.15) is 13.2 Å². The highest BCUT2D eigenvalue weighted by Gasteiger charge is 2.35. The monoisotopic (exact) mass is 528 g/mol. The molecule has 0 radical (unpaired) electrons. The van der Waals surface area contributed by atoms with E-state index in [2.05, 4.69) is 27.1 Å². The van der Waals surface area contributed by atoms with Gasteiger partial charge in [-0.3, -0.25) is 9.69 Å². The predicted molar refractivity (Wildman–Crippen MR) is 144 cm³/mol. The van der Waals surface area contributed by atoms with Gasteiger partial charge in [0.1, 0.15) is 0 Å². The largest absolute Gasteiger partial charge is 0.417 e. The predicted octanol–water partition coefficient (Wildman–Crippen LogP) is 5.41. The molecule has 1 aliphatic heterocycles. The van der Waals surface area contributed by atoms with Crippen LogP contribution in [0.3, 0.4) is 0 Å². The highest BCUT2D eigenvalue weighted by atomic mass is 19.4. The number of carbonyl (C=O) groups excluding carboxylic acids is 1. The van der Waals surface area contributed by atoms with Crippen molar-refractivity contribution in [1.82, 2.24) is 15.2 Å². The van der Waals surface area contributed by atoms with Gasteiger partial charge in [0.25, 0.3) is 0 Å². The molecule has 5 rings (SSSR count). The Hall–Kier alpha value is -2.91. The number of aromatic nitrogens is 1. The number of carbonyl (C=O) groups is 1. The van der Waals surface area contributed by atoms with Gasteiger partial charge in [0.2, 0.25) is 5.91 Å². The molecule has 1 amide bonds.